The Balaban J connectivity index is 1.44. The third kappa shape index (κ3) is 3.85. The summed E-state index contributed by atoms with van der Waals surface area (Å²) >= 11 is 0. The average molecular weight is 529 g/mol. The molecule has 8 bridgehead atoms. The number of imidazole rings is 1. The van der Waals surface area contributed by atoms with Gasteiger partial charge >= 0.3 is 0 Å². The number of carbonyl (C=O) groups is 1. The molecule has 4 aliphatic heterocycles. The van der Waals surface area contributed by atoms with Gasteiger partial charge in [0, 0.05) is 22.6 Å². The van der Waals surface area contributed by atoms with Gasteiger partial charge in [-0.1, -0.05) is 0 Å². The summed E-state index contributed by atoms with van der Waals surface area (Å²) in [5.41, 5.74) is 1.99. The van der Waals surface area contributed by atoms with E-state index >= 15 is 0 Å². The molecule has 4 aliphatic rings. The summed E-state index contributed by atoms with van der Waals surface area (Å²) in [5, 5.41) is 5.40. The van der Waals surface area contributed by atoms with Crippen LogP contribution in [0.5, 0.6) is 0 Å². The van der Waals surface area contributed by atoms with Gasteiger partial charge in [0.15, 0.2) is 5.78 Å². The fourth-order valence-corrected chi connectivity index (χ4v) is 5.64. The van der Waals surface area contributed by atoms with Crippen molar-refractivity contribution in [3.8, 4) is 5.69 Å². The highest BCUT2D eigenvalue weighted by Gasteiger charge is 2.52. The monoisotopic (exact) mass is 528 g/mol. The van der Waals surface area contributed by atoms with Gasteiger partial charge in [-0.3, -0.25) is 9.79 Å². The van der Waals surface area contributed by atoms with Crippen LogP contribution in [0.25, 0.3) is 17.8 Å². The van der Waals surface area contributed by atoms with Crippen molar-refractivity contribution in [2.24, 2.45) is 15.4 Å². The molecule has 198 valence electrons. The van der Waals surface area contributed by atoms with E-state index in [-0.39, 0.29) is 5.78 Å². The van der Waals surface area contributed by atoms with Crippen LogP contribution in [0, 0.1) is 12.3 Å². The number of Topliss-reactive ketones (excluding diaryl/α,β-unsaturated/α-hetero) is 1. The van der Waals surface area contributed by atoms with Crippen molar-refractivity contribution >= 4 is 29.4 Å². The van der Waals surface area contributed by atoms with E-state index in [2.05, 4.69) is 20.3 Å². The van der Waals surface area contributed by atoms with Gasteiger partial charge in [-0.25, -0.2) is 19.9 Å². The summed E-state index contributed by atoms with van der Waals surface area (Å²) in [6, 6.07) is 4.03. The molecule has 0 aliphatic carbocycles. The first kappa shape index (κ1) is 24.1. The molecule has 2 atom stereocenters. The fraction of sp³-hybridized carbons (Fsp3) is 0.226. The minimum atomic E-state index is -0.939. The molecule has 2 unspecified atom stereocenters. The number of nitrogens with zero attached hydrogens (tertiary/aromatic N) is 6. The lowest BCUT2D eigenvalue weighted by Crippen LogP contribution is -2.41. The van der Waals surface area contributed by atoms with Crippen LogP contribution in [0.4, 0.5) is 0 Å². The highest BCUT2D eigenvalue weighted by atomic mass is 16.1. The fourth-order valence-electron chi connectivity index (χ4n) is 5.64. The van der Waals surface area contributed by atoms with Crippen LogP contribution >= 0.6 is 0 Å². The van der Waals surface area contributed by atoms with Gasteiger partial charge < -0.3 is 14.9 Å². The van der Waals surface area contributed by atoms with E-state index in [1.54, 1.807) is 18.7 Å². The van der Waals surface area contributed by atoms with Crippen molar-refractivity contribution in [2.45, 2.75) is 38.8 Å². The second-order valence-corrected chi connectivity index (χ2v) is 11.3. The highest BCUT2D eigenvalue weighted by Crippen LogP contribution is 2.44. The maximum atomic E-state index is 13.9. The van der Waals surface area contributed by atoms with Crippen molar-refractivity contribution in [1.29, 1.82) is 0 Å². The zero-order chi connectivity index (χ0) is 27.7. The van der Waals surface area contributed by atoms with Crippen LogP contribution in [-0.2, 0) is 10.3 Å². The highest BCUT2D eigenvalue weighted by molar-refractivity contribution is 6.20. The average Bonchev–Trinajstić information content (AvgIpc) is 3.74. The Hall–Kier alpha value is -4.92. The normalized spacial score (nSPS) is 25.9. The molecular weight excluding hydrogens is 500 g/mol. The van der Waals surface area contributed by atoms with E-state index in [9.17, 15) is 4.79 Å². The van der Waals surface area contributed by atoms with E-state index in [1.807, 2.05) is 99.2 Å². The van der Waals surface area contributed by atoms with Crippen LogP contribution in [-0.4, -0.2) is 47.2 Å². The predicted octanol–water partition coefficient (Wildman–Crippen LogP) is 2.52. The first-order valence-corrected chi connectivity index (χ1v) is 13.2. The van der Waals surface area contributed by atoms with Gasteiger partial charge in [-0.05, 0) is 88.4 Å². The van der Waals surface area contributed by atoms with Gasteiger partial charge in [-0.2, -0.15) is 0 Å². The van der Waals surface area contributed by atoms with Crippen molar-refractivity contribution in [2.75, 3.05) is 0 Å². The number of hydrogen-bond acceptors (Lipinski definition) is 7. The van der Waals surface area contributed by atoms with Crippen LogP contribution in [0.3, 0.4) is 0 Å². The molecule has 3 aromatic rings. The molecular formula is C31H28N8O. The van der Waals surface area contributed by atoms with E-state index < -0.39 is 16.5 Å². The summed E-state index contributed by atoms with van der Waals surface area (Å²) < 4.78 is 1.88. The first-order valence-electron chi connectivity index (χ1n) is 13.2. The van der Waals surface area contributed by atoms with Crippen molar-refractivity contribution in [1.82, 2.24) is 29.8 Å². The van der Waals surface area contributed by atoms with Gasteiger partial charge in [0.25, 0.3) is 0 Å². The quantitative estimate of drug-likeness (QED) is 0.531. The standard InChI is InChI=1S/C31H28N8O/c1-19-32-15-25(16-33-19)39-17-27(34-18-39)31-10-9-23(37-31)12-22-6-5-20(35-22)11-21-7-8-24(36-21)13-30(4)28(40)29(2,3)26(14-31)38-30/h5-18,35,38H,1-4H3. The molecule has 7 rings (SSSR count). The molecule has 2 N–H and O–H groups in total. The van der Waals surface area contributed by atoms with Crippen LogP contribution in [0.15, 0.2) is 94.9 Å². The summed E-state index contributed by atoms with van der Waals surface area (Å²) in [5.74, 6) is 0.763. The van der Waals surface area contributed by atoms with Gasteiger partial charge in [-0.15, -0.1) is 0 Å². The predicted molar refractivity (Wildman–Crippen MR) is 154 cm³/mol. The molecule has 0 amide bonds. The van der Waals surface area contributed by atoms with E-state index in [0.29, 0.717) is 11.5 Å². The van der Waals surface area contributed by atoms with Crippen LogP contribution < -0.4 is 16.0 Å². The number of ketones is 1. The second kappa shape index (κ2) is 8.29. The van der Waals surface area contributed by atoms with Crippen molar-refractivity contribution in [3.05, 3.63) is 107 Å². The summed E-state index contributed by atoms with van der Waals surface area (Å²) in [6.45, 7) is 7.65. The van der Waals surface area contributed by atoms with E-state index in [0.717, 1.165) is 39.2 Å². The number of H-pyrrole nitrogens is 1. The number of carbonyl (C=O) groups excluding carboxylic acids is 1. The molecule has 9 nitrogen and oxygen atoms in total. The zero-order valence-corrected chi connectivity index (χ0v) is 22.7. The van der Waals surface area contributed by atoms with Crippen molar-refractivity contribution < 1.29 is 4.79 Å². The van der Waals surface area contributed by atoms with Gasteiger partial charge in [0.05, 0.1) is 52.6 Å². The molecule has 0 spiro atoms. The van der Waals surface area contributed by atoms with Gasteiger partial charge in [0.1, 0.15) is 16.9 Å². The molecule has 9 heteroatoms. The van der Waals surface area contributed by atoms with Crippen LogP contribution in [0.1, 0.15) is 32.3 Å². The largest absolute Gasteiger partial charge is 0.373 e. The minimum Gasteiger partial charge on any atom is -0.373 e. The lowest BCUT2D eigenvalue weighted by atomic mass is 9.79. The topological polar surface area (TPSA) is 113 Å². The second-order valence-electron chi connectivity index (χ2n) is 11.3. The Kier molecular flexibility index (Phi) is 5.00. The Bertz CT molecular complexity index is 1890. The summed E-state index contributed by atoms with van der Waals surface area (Å²) in [7, 11) is 0. The smallest absolute Gasteiger partial charge is 0.173 e. The lowest BCUT2D eigenvalue weighted by Gasteiger charge is -2.24. The number of aromatic nitrogens is 5. The molecule has 7 heterocycles. The number of hydrogen-bond donors (Lipinski definition) is 2. The summed E-state index contributed by atoms with van der Waals surface area (Å²) in [6.07, 6.45) is 23.1. The maximum absolute atomic E-state index is 13.9. The first-order chi connectivity index (χ1) is 19.1. The summed E-state index contributed by atoms with van der Waals surface area (Å²) in [4.78, 5) is 40.6. The molecule has 0 saturated carbocycles. The number of allylic oxidation sites excluding steroid dienone is 4. The third-order valence-electron chi connectivity index (χ3n) is 7.81. The van der Waals surface area contributed by atoms with E-state index in [4.69, 9.17) is 15.0 Å². The molecule has 0 radical (unpaired) electrons. The molecule has 40 heavy (non-hydrogen) atoms. The number of aliphatic imine (C=N–C) groups is 2. The Labute approximate surface area is 230 Å². The maximum Gasteiger partial charge on any atom is 0.173 e. The Morgan fingerprint density at radius 1 is 0.900 bits per heavy atom. The molecule has 1 fully saturated rings. The molecule has 0 aromatic carbocycles. The number of aryl methyl sites for hydroxylation is 1. The Morgan fingerprint density at radius 2 is 1.65 bits per heavy atom. The molecule has 1 saturated heterocycles. The van der Waals surface area contributed by atoms with Gasteiger partial charge in [0.2, 0.25) is 0 Å². The third-order valence-corrected chi connectivity index (χ3v) is 7.81. The SMILES string of the molecule is Cc1ncc(-n2cnc(C34C=CC(=N3)C=c3ccc([nH]3)=CC3=NC(=CC5(C)NC(=C4)C(C)(C)C5=O)C=C3)c2)cn1. The zero-order valence-electron chi connectivity index (χ0n) is 22.7. The lowest BCUT2D eigenvalue weighted by molar-refractivity contribution is -0.126. The minimum absolute atomic E-state index is 0.0629. The van der Waals surface area contributed by atoms with Crippen molar-refractivity contribution in [3.63, 3.8) is 0 Å². The number of rotatable bonds is 2. The number of nitrogens with one attached hydrogen (secondary N) is 2. The number of fused-ring (bicyclic) bond motifs is 6. The van der Waals surface area contributed by atoms with Crippen LogP contribution in [0.2, 0.25) is 0 Å². The Morgan fingerprint density at radius 3 is 2.42 bits per heavy atom. The molecule has 3 aromatic heterocycles. The van der Waals surface area contributed by atoms with E-state index in [1.165, 1.54) is 0 Å². The number of aromatic amines is 1.